The molecular weight excluding hydrogens is 408 g/mol. The van der Waals surface area contributed by atoms with Gasteiger partial charge < -0.3 is 4.90 Å². The van der Waals surface area contributed by atoms with Crippen molar-refractivity contribution in [1.82, 2.24) is 9.80 Å². The van der Waals surface area contributed by atoms with Gasteiger partial charge in [0.1, 0.15) is 4.32 Å². The highest BCUT2D eigenvalue weighted by atomic mass is 79.9. The first-order valence-corrected chi connectivity index (χ1v) is 9.85. The number of thioether (sulfide) groups is 1. The first-order chi connectivity index (χ1) is 11.5. The van der Waals surface area contributed by atoms with Crippen LogP contribution in [0.3, 0.4) is 0 Å². The quantitative estimate of drug-likeness (QED) is 0.546. The predicted molar refractivity (Wildman–Crippen MR) is 104 cm³/mol. The number of nitrogens with zero attached hydrogens (tertiary/aromatic N) is 2. The molecule has 0 unspecified atom stereocenters. The van der Waals surface area contributed by atoms with Gasteiger partial charge in [0.25, 0.3) is 5.91 Å². The van der Waals surface area contributed by atoms with E-state index < -0.39 is 0 Å². The summed E-state index contributed by atoms with van der Waals surface area (Å²) in [7, 11) is 0. The Bertz CT molecular complexity index is 714. The molecule has 24 heavy (non-hydrogen) atoms. The fourth-order valence-corrected chi connectivity index (χ4v) is 4.50. The number of amides is 2. The van der Waals surface area contributed by atoms with E-state index in [-0.39, 0.29) is 11.8 Å². The zero-order valence-electron chi connectivity index (χ0n) is 13.0. The van der Waals surface area contributed by atoms with E-state index in [2.05, 4.69) is 15.9 Å². The second-order valence-corrected chi connectivity index (χ2v) is 8.32. The van der Waals surface area contributed by atoms with Crippen LogP contribution < -0.4 is 0 Å². The summed E-state index contributed by atoms with van der Waals surface area (Å²) in [6.07, 6.45) is 4.31. The first-order valence-electron chi connectivity index (χ1n) is 7.83. The minimum absolute atomic E-state index is 0.109. The highest BCUT2D eigenvalue weighted by Crippen LogP contribution is 2.33. The molecule has 0 aliphatic carbocycles. The molecule has 2 aliphatic heterocycles. The molecule has 0 aromatic heterocycles. The largest absolute Gasteiger partial charge is 0.343 e. The van der Waals surface area contributed by atoms with Gasteiger partial charge in [-0.1, -0.05) is 52.0 Å². The van der Waals surface area contributed by atoms with Crippen molar-refractivity contribution in [3.05, 3.63) is 39.2 Å². The molecular formula is C17H17BrN2O2S2. The molecule has 0 atom stereocenters. The Labute approximate surface area is 159 Å². The van der Waals surface area contributed by atoms with Crippen LogP contribution in [0.25, 0.3) is 6.08 Å². The summed E-state index contributed by atoms with van der Waals surface area (Å²) in [6, 6.07) is 7.75. The number of halogens is 1. The van der Waals surface area contributed by atoms with Gasteiger partial charge in [0.15, 0.2) is 0 Å². The number of likely N-dealkylation sites (tertiary alicyclic amines) is 1. The summed E-state index contributed by atoms with van der Waals surface area (Å²) in [4.78, 5) is 28.7. The monoisotopic (exact) mass is 424 g/mol. The van der Waals surface area contributed by atoms with Crippen molar-refractivity contribution in [2.45, 2.75) is 19.3 Å². The molecule has 2 aliphatic rings. The van der Waals surface area contributed by atoms with Crippen LogP contribution in [0.1, 0.15) is 24.8 Å². The van der Waals surface area contributed by atoms with Gasteiger partial charge in [0.05, 0.1) is 4.91 Å². The lowest BCUT2D eigenvalue weighted by Gasteiger charge is -2.18. The molecule has 126 valence electrons. The lowest BCUT2D eigenvalue weighted by molar-refractivity contribution is -0.130. The Morgan fingerprint density at radius 1 is 1.33 bits per heavy atom. The number of rotatable bonds is 4. The van der Waals surface area contributed by atoms with Crippen molar-refractivity contribution in [3.63, 3.8) is 0 Å². The summed E-state index contributed by atoms with van der Waals surface area (Å²) >= 11 is 10.0. The van der Waals surface area contributed by atoms with E-state index in [1.165, 1.54) is 16.7 Å². The van der Waals surface area contributed by atoms with Crippen LogP contribution in [0.5, 0.6) is 0 Å². The van der Waals surface area contributed by atoms with Gasteiger partial charge in [-0.25, -0.2) is 0 Å². The fourth-order valence-electron chi connectivity index (χ4n) is 2.77. The summed E-state index contributed by atoms with van der Waals surface area (Å²) in [5, 5.41) is 0. The van der Waals surface area contributed by atoms with Crippen molar-refractivity contribution >= 4 is 62.1 Å². The predicted octanol–water partition coefficient (Wildman–Crippen LogP) is 3.66. The number of carbonyl (C=O) groups excluding carboxylic acids is 2. The molecule has 0 bridgehead atoms. The van der Waals surface area contributed by atoms with Gasteiger partial charge in [0, 0.05) is 30.5 Å². The van der Waals surface area contributed by atoms with Gasteiger partial charge in [-0.2, -0.15) is 0 Å². The summed E-state index contributed by atoms with van der Waals surface area (Å²) in [5.41, 5.74) is 0.943. The van der Waals surface area contributed by atoms with E-state index >= 15 is 0 Å². The molecule has 0 saturated carbocycles. The first kappa shape index (κ1) is 17.6. The highest BCUT2D eigenvalue weighted by molar-refractivity contribution is 9.10. The molecule has 2 heterocycles. The van der Waals surface area contributed by atoms with Crippen LogP contribution in [0, 0.1) is 0 Å². The molecule has 0 spiro atoms. The fraction of sp³-hybridized carbons (Fsp3) is 0.353. The van der Waals surface area contributed by atoms with E-state index in [0.717, 1.165) is 36.0 Å². The molecule has 2 amide bonds. The maximum atomic E-state index is 12.6. The van der Waals surface area contributed by atoms with Gasteiger partial charge in [0.2, 0.25) is 5.91 Å². The SMILES string of the molecule is O=C(CCN1C(=O)/C(=C\c2cccc(Br)c2)SC1=S)N1CCCC1. The van der Waals surface area contributed by atoms with Gasteiger partial charge >= 0.3 is 0 Å². The third-order valence-electron chi connectivity index (χ3n) is 4.03. The smallest absolute Gasteiger partial charge is 0.266 e. The third-order valence-corrected chi connectivity index (χ3v) is 5.90. The summed E-state index contributed by atoms with van der Waals surface area (Å²) in [5.74, 6) is -0.00304. The number of carbonyl (C=O) groups is 2. The number of thiocarbonyl (C=S) groups is 1. The number of hydrogen-bond acceptors (Lipinski definition) is 4. The van der Waals surface area contributed by atoms with Crippen LogP contribution in [0.15, 0.2) is 33.6 Å². The van der Waals surface area contributed by atoms with Gasteiger partial charge in [-0.15, -0.1) is 0 Å². The average molecular weight is 425 g/mol. The van der Waals surface area contributed by atoms with Crippen molar-refractivity contribution in [2.75, 3.05) is 19.6 Å². The van der Waals surface area contributed by atoms with Crippen LogP contribution in [-0.4, -0.2) is 45.6 Å². The van der Waals surface area contributed by atoms with Crippen molar-refractivity contribution < 1.29 is 9.59 Å². The van der Waals surface area contributed by atoms with E-state index in [1.807, 2.05) is 35.2 Å². The lowest BCUT2D eigenvalue weighted by atomic mass is 10.2. The normalized spacial score (nSPS) is 19.6. The van der Waals surface area contributed by atoms with Gasteiger partial charge in [-0.05, 0) is 36.6 Å². The third kappa shape index (κ3) is 4.07. The molecule has 2 fully saturated rings. The van der Waals surface area contributed by atoms with Crippen molar-refractivity contribution in [3.8, 4) is 0 Å². The molecule has 1 aromatic rings. The number of benzene rings is 1. The Balaban J connectivity index is 1.64. The molecule has 2 saturated heterocycles. The van der Waals surface area contributed by atoms with E-state index in [1.54, 1.807) is 0 Å². The minimum atomic E-state index is -0.112. The lowest BCUT2D eigenvalue weighted by Crippen LogP contribution is -2.34. The molecule has 0 N–H and O–H groups in total. The zero-order valence-corrected chi connectivity index (χ0v) is 16.3. The van der Waals surface area contributed by atoms with E-state index in [4.69, 9.17) is 12.2 Å². The standard InChI is InChI=1S/C17H17BrN2O2S2/c18-13-5-3-4-12(10-13)11-14-16(22)20(17(23)24-14)9-6-15(21)19-7-1-2-8-19/h3-5,10-11H,1-2,6-9H2/b14-11+. The second kappa shape index (κ2) is 7.80. The maximum Gasteiger partial charge on any atom is 0.266 e. The molecule has 7 heteroatoms. The Morgan fingerprint density at radius 2 is 2.08 bits per heavy atom. The second-order valence-electron chi connectivity index (χ2n) is 5.73. The van der Waals surface area contributed by atoms with Crippen LogP contribution in [0.4, 0.5) is 0 Å². The van der Waals surface area contributed by atoms with Crippen molar-refractivity contribution in [1.29, 1.82) is 0 Å². The minimum Gasteiger partial charge on any atom is -0.343 e. The van der Waals surface area contributed by atoms with Gasteiger partial charge in [-0.3, -0.25) is 14.5 Å². The Kier molecular flexibility index (Phi) is 5.73. The van der Waals surface area contributed by atoms with Crippen LogP contribution >= 0.6 is 39.9 Å². The van der Waals surface area contributed by atoms with E-state index in [9.17, 15) is 9.59 Å². The Morgan fingerprint density at radius 3 is 2.79 bits per heavy atom. The maximum absolute atomic E-state index is 12.6. The van der Waals surface area contributed by atoms with Crippen molar-refractivity contribution in [2.24, 2.45) is 0 Å². The van der Waals surface area contributed by atoms with Crippen LogP contribution in [-0.2, 0) is 9.59 Å². The average Bonchev–Trinajstić information content (AvgIpc) is 3.16. The topological polar surface area (TPSA) is 40.6 Å². The molecule has 4 nitrogen and oxygen atoms in total. The highest BCUT2D eigenvalue weighted by Gasteiger charge is 2.32. The Hall–Kier alpha value is -1.18. The number of hydrogen-bond donors (Lipinski definition) is 0. The summed E-state index contributed by atoms with van der Waals surface area (Å²) < 4.78 is 1.48. The zero-order chi connectivity index (χ0) is 17.1. The van der Waals surface area contributed by atoms with E-state index in [0.29, 0.717) is 22.2 Å². The summed E-state index contributed by atoms with van der Waals surface area (Å²) in [6.45, 7) is 2.02. The molecule has 1 aromatic carbocycles. The molecule has 3 rings (SSSR count). The molecule has 0 radical (unpaired) electrons. The van der Waals surface area contributed by atoms with Crippen LogP contribution in [0.2, 0.25) is 0 Å².